The van der Waals surface area contributed by atoms with Crippen LogP contribution in [0.15, 0.2) is 30.6 Å². The van der Waals surface area contributed by atoms with Crippen LogP contribution < -0.4 is 5.48 Å². The molecule has 0 bridgehead atoms. The van der Waals surface area contributed by atoms with E-state index in [4.69, 9.17) is 5.11 Å². The monoisotopic (exact) mass is 263 g/mol. The fraction of sp³-hybridized carbons (Fsp3) is 0.250. The van der Waals surface area contributed by atoms with Crippen LogP contribution in [0, 0.1) is 0 Å². The zero-order valence-electron chi connectivity index (χ0n) is 10.2. The maximum Gasteiger partial charge on any atom is 0.332 e. The number of carboxylic acid groups (broad SMARTS) is 1. The summed E-state index contributed by atoms with van der Waals surface area (Å²) in [6.07, 6.45) is 1.56. The molecule has 7 heteroatoms. The number of fused-ring (bicyclic) bond motifs is 1. The predicted molar refractivity (Wildman–Crippen MR) is 66.2 cm³/mol. The maximum atomic E-state index is 11.8. The number of imidazole rings is 1. The van der Waals surface area contributed by atoms with E-state index < -0.39 is 24.5 Å². The predicted octanol–water partition coefficient (Wildman–Crippen LogP) is 0.730. The SMILES string of the molecule is CC(C(=O)NOCC(=O)O)n1cnc2ccccc21. The van der Waals surface area contributed by atoms with Gasteiger partial charge in [0.15, 0.2) is 6.61 Å². The second-order valence-corrected chi connectivity index (χ2v) is 3.97. The van der Waals surface area contributed by atoms with Crippen molar-refractivity contribution in [2.45, 2.75) is 13.0 Å². The zero-order valence-corrected chi connectivity index (χ0v) is 10.2. The first-order valence-electron chi connectivity index (χ1n) is 5.64. The summed E-state index contributed by atoms with van der Waals surface area (Å²) in [4.78, 5) is 30.8. The summed E-state index contributed by atoms with van der Waals surface area (Å²) in [6.45, 7) is 1.09. The molecule has 1 atom stereocenters. The van der Waals surface area contributed by atoms with E-state index in [2.05, 4.69) is 15.3 Å². The second-order valence-electron chi connectivity index (χ2n) is 3.97. The molecule has 1 aromatic heterocycles. The van der Waals surface area contributed by atoms with Gasteiger partial charge in [-0.3, -0.25) is 9.63 Å². The van der Waals surface area contributed by atoms with Crippen LogP contribution in [0.5, 0.6) is 0 Å². The first-order chi connectivity index (χ1) is 9.09. The Morgan fingerprint density at radius 2 is 2.21 bits per heavy atom. The molecular formula is C12H13N3O4. The number of amides is 1. The third kappa shape index (κ3) is 2.89. The van der Waals surface area contributed by atoms with E-state index in [0.29, 0.717) is 0 Å². The Bertz CT molecular complexity index is 608. The largest absolute Gasteiger partial charge is 0.479 e. The molecule has 1 aromatic carbocycles. The fourth-order valence-electron chi connectivity index (χ4n) is 1.67. The van der Waals surface area contributed by atoms with Crippen LogP contribution in [-0.4, -0.2) is 33.1 Å². The standard InChI is InChI=1S/C12H13N3O4/c1-8(12(18)14-19-6-11(16)17)15-7-13-9-4-2-3-5-10(9)15/h2-5,7-8H,6H2,1H3,(H,14,18)(H,16,17). The molecule has 0 aliphatic carbocycles. The number of para-hydroxylation sites is 2. The second kappa shape index (κ2) is 5.49. The van der Waals surface area contributed by atoms with Crippen molar-refractivity contribution in [1.82, 2.24) is 15.0 Å². The van der Waals surface area contributed by atoms with Gasteiger partial charge < -0.3 is 9.67 Å². The molecule has 0 saturated carbocycles. The third-order valence-corrected chi connectivity index (χ3v) is 2.65. The number of hydrogen-bond acceptors (Lipinski definition) is 4. The minimum Gasteiger partial charge on any atom is -0.479 e. The Balaban J connectivity index is 2.08. The van der Waals surface area contributed by atoms with E-state index in [1.165, 1.54) is 0 Å². The Kier molecular flexibility index (Phi) is 3.76. The number of hydrogen-bond donors (Lipinski definition) is 2. The Labute approximate surface area is 108 Å². The van der Waals surface area contributed by atoms with Gasteiger partial charge in [-0.15, -0.1) is 0 Å². The number of benzene rings is 1. The van der Waals surface area contributed by atoms with Crippen LogP contribution >= 0.6 is 0 Å². The summed E-state index contributed by atoms with van der Waals surface area (Å²) in [5, 5.41) is 8.40. The topological polar surface area (TPSA) is 93.5 Å². The van der Waals surface area contributed by atoms with Gasteiger partial charge in [0.2, 0.25) is 0 Å². The van der Waals surface area contributed by atoms with Crippen molar-refractivity contribution in [2.24, 2.45) is 0 Å². The number of carbonyl (C=O) groups is 2. The van der Waals surface area contributed by atoms with Crippen LogP contribution in [0.25, 0.3) is 11.0 Å². The van der Waals surface area contributed by atoms with Gasteiger partial charge in [0.25, 0.3) is 5.91 Å². The van der Waals surface area contributed by atoms with Gasteiger partial charge in [-0.25, -0.2) is 15.3 Å². The first kappa shape index (κ1) is 13.0. The van der Waals surface area contributed by atoms with Crippen molar-refractivity contribution in [3.05, 3.63) is 30.6 Å². The number of aliphatic carboxylic acids is 1. The molecular weight excluding hydrogens is 250 g/mol. The Morgan fingerprint density at radius 1 is 1.47 bits per heavy atom. The molecule has 100 valence electrons. The Hall–Kier alpha value is -2.41. The first-order valence-corrected chi connectivity index (χ1v) is 5.64. The lowest BCUT2D eigenvalue weighted by atomic mass is 10.2. The van der Waals surface area contributed by atoms with Gasteiger partial charge in [-0.1, -0.05) is 12.1 Å². The summed E-state index contributed by atoms with van der Waals surface area (Å²) >= 11 is 0. The maximum absolute atomic E-state index is 11.8. The highest BCUT2D eigenvalue weighted by molar-refractivity contribution is 5.83. The number of carbonyl (C=O) groups excluding carboxylic acids is 1. The average Bonchev–Trinajstić information content (AvgIpc) is 2.81. The number of nitrogens with one attached hydrogen (secondary N) is 1. The van der Waals surface area contributed by atoms with Crippen LogP contribution in [0.2, 0.25) is 0 Å². The van der Waals surface area contributed by atoms with Gasteiger partial charge >= 0.3 is 5.97 Å². The molecule has 2 N–H and O–H groups in total. The van der Waals surface area contributed by atoms with Crippen molar-refractivity contribution < 1.29 is 19.5 Å². The van der Waals surface area contributed by atoms with E-state index in [1.54, 1.807) is 17.8 Å². The van der Waals surface area contributed by atoms with Gasteiger partial charge in [-0.2, -0.15) is 0 Å². The zero-order chi connectivity index (χ0) is 13.8. The van der Waals surface area contributed by atoms with Crippen LogP contribution in [0.1, 0.15) is 13.0 Å². The lowest BCUT2D eigenvalue weighted by Crippen LogP contribution is -2.32. The van der Waals surface area contributed by atoms with Gasteiger partial charge in [-0.05, 0) is 19.1 Å². The normalized spacial score (nSPS) is 12.3. The molecule has 2 aromatic rings. The van der Waals surface area contributed by atoms with E-state index in [0.717, 1.165) is 11.0 Å². The molecule has 1 amide bonds. The molecule has 0 aliphatic rings. The van der Waals surface area contributed by atoms with E-state index in [1.807, 2.05) is 24.3 Å². The quantitative estimate of drug-likeness (QED) is 0.776. The summed E-state index contributed by atoms with van der Waals surface area (Å²) in [5.74, 6) is -1.59. The van der Waals surface area contributed by atoms with Gasteiger partial charge in [0.1, 0.15) is 6.04 Å². The molecule has 0 spiro atoms. The van der Waals surface area contributed by atoms with Crippen molar-refractivity contribution in [2.75, 3.05) is 6.61 Å². The average molecular weight is 263 g/mol. The molecule has 19 heavy (non-hydrogen) atoms. The van der Waals surface area contributed by atoms with Crippen molar-refractivity contribution in [1.29, 1.82) is 0 Å². The Morgan fingerprint density at radius 3 is 2.95 bits per heavy atom. The summed E-state index contributed by atoms with van der Waals surface area (Å²) in [5.41, 5.74) is 3.71. The number of rotatable bonds is 5. The molecule has 0 aliphatic heterocycles. The molecule has 0 radical (unpaired) electrons. The molecule has 7 nitrogen and oxygen atoms in total. The summed E-state index contributed by atoms with van der Waals surface area (Å²) in [6, 6.07) is 6.86. The smallest absolute Gasteiger partial charge is 0.332 e. The van der Waals surface area contributed by atoms with Crippen LogP contribution in [0.3, 0.4) is 0 Å². The minimum absolute atomic E-state index is 0.440. The lowest BCUT2D eigenvalue weighted by molar-refractivity contribution is -0.150. The third-order valence-electron chi connectivity index (χ3n) is 2.65. The highest BCUT2D eigenvalue weighted by atomic mass is 16.7. The molecule has 1 unspecified atom stereocenters. The van der Waals surface area contributed by atoms with Crippen LogP contribution in [-0.2, 0) is 14.4 Å². The van der Waals surface area contributed by atoms with Gasteiger partial charge in [0.05, 0.1) is 17.4 Å². The van der Waals surface area contributed by atoms with E-state index >= 15 is 0 Å². The highest BCUT2D eigenvalue weighted by Crippen LogP contribution is 2.17. The van der Waals surface area contributed by atoms with Gasteiger partial charge in [0, 0.05) is 0 Å². The highest BCUT2D eigenvalue weighted by Gasteiger charge is 2.17. The number of nitrogens with zero attached hydrogens (tertiary/aromatic N) is 2. The number of hydroxylamine groups is 1. The lowest BCUT2D eigenvalue weighted by Gasteiger charge is -2.13. The molecule has 2 rings (SSSR count). The molecule has 0 saturated heterocycles. The summed E-state index contributed by atoms with van der Waals surface area (Å²) in [7, 11) is 0. The van der Waals surface area contributed by atoms with E-state index in [-0.39, 0.29) is 0 Å². The molecule has 1 heterocycles. The fourth-order valence-corrected chi connectivity index (χ4v) is 1.67. The van der Waals surface area contributed by atoms with E-state index in [9.17, 15) is 9.59 Å². The minimum atomic E-state index is -1.15. The molecule has 0 fully saturated rings. The van der Waals surface area contributed by atoms with Crippen LogP contribution in [0.4, 0.5) is 0 Å². The number of aromatic nitrogens is 2. The summed E-state index contributed by atoms with van der Waals surface area (Å²) < 4.78 is 1.69. The van der Waals surface area contributed by atoms with Crippen molar-refractivity contribution in [3.63, 3.8) is 0 Å². The number of carboxylic acids is 1. The van der Waals surface area contributed by atoms with Crippen molar-refractivity contribution >= 4 is 22.9 Å². The van der Waals surface area contributed by atoms with Crippen molar-refractivity contribution in [3.8, 4) is 0 Å².